The number of aromatic nitrogens is 4. The molecule has 1 atom stereocenters. The molecule has 4 rings (SSSR count). The van der Waals surface area contributed by atoms with Crippen molar-refractivity contribution in [2.24, 2.45) is 7.05 Å². The Morgan fingerprint density at radius 1 is 1.23 bits per heavy atom. The highest BCUT2D eigenvalue weighted by Gasteiger charge is 2.24. The summed E-state index contributed by atoms with van der Waals surface area (Å²) in [6.07, 6.45) is 2.27. The number of halogens is 1. The molecule has 1 aliphatic rings. The van der Waals surface area contributed by atoms with Crippen LogP contribution in [0.15, 0.2) is 33.9 Å². The number of anilines is 1. The smallest absolute Gasteiger partial charge is 0.329 e. The predicted molar refractivity (Wildman–Crippen MR) is 115 cm³/mol. The first kappa shape index (κ1) is 20.5. The third kappa shape index (κ3) is 3.95. The number of aromatic amines is 1. The molecule has 160 valence electrons. The number of hydrogen-bond acceptors (Lipinski definition) is 6. The van der Waals surface area contributed by atoms with Crippen molar-refractivity contribution in [1.82, 2.24) is 19.1 Å². The lowest BCUT2D eigenvalue weighted by molar-refractivity contribution is 0.0936. The first-order chi connectivity index (χ1) is 14.5. The molecule has 0 spiro atoms. The van der Waals surface area contributed by atoms with Gasteiger partial charge in [-0.15, -0.1) is 0 Å². The Hall–Kier alpha value is -2.78. The van der Waals surface area contributed by atoms with Gasteiger partial charge in [-0.3, -0.25) is 14.3 Å². The number of nitrogens with zero attached hydrogens (tertiary/aromatic N) is 4. The molecule has 3 heterocycles. The number of aliphatic hydroxyl groups is 1. The van der Waals surface area contributed by atoms with E-state index >= 15 is 0 Å². The van der Waals surface area contributed by atoms with Crippen molar-refractivity contribution in [3.05, 3.63) is 50.1 Å². The second-order valence-corrected chi connectivity index (χ2v) is 7.86. The normalized spacial score (nSPS) is 15.5. The van der Waals surface area contributed by atoms with Crippen LogP contribution < -0.4 is 20.9 Å². The quantitative estimate of drug-likeness (QED) is 0.610. The van der Waals surface area contributed by atoms with E-state index in [4.69, 9.17) is 16.3 Å². The largest absolute Gasteiger partial charge is 0.489 e. The summed E-state index contributed by atoms with van der Waals surface area (Å²) in [7, 11) is 1.56. The molecule has 3 aromatic rings. The van der Waals surface area contributed by atoms with Crippen molar-refractivity contribution in [3.63, 3.8) is 0 Å². The predicted octanol–water partition coefficient (Wildman–Crippen LogP) is 1.51. The van der Waals surface area contributed by atoms with Crippen molar-refractivity contribution in [3.8, 4) is 5.75 Å². The minimum atomic E-state index is -0.918. The lowest BCUT2D eigenvalue weighted by atomic mass is 10.1. The number of H-pyrrole nitrogens is 1. The van der Waals surface area contributed by atoms with E-state index in [-0.39, 0.29) is 18.7 Å². The van der Waals surface area contributed by atoms with Crippen LogP contribution in [-0.2, 0) is 13.6 Å². The van der Waals surface area contributed by atoms with Gasteiger partial charge in [-0.1, -0.05) is 23.7 Å². The summed E-state index contributed by atoms with van der Waals surface area (Å²) in [6.45, 7) is 1.70. The summed E-state index contributed by atoms with van der Waals surface area (Å²) in [6, 6.07) is 7.03. The molecule has 2 aromatic heterocycles. The molecule has 0 radical (unpaired) electrons. The third-order valence-electron chi connectivity index (χ3n) is 5.29. The van der Waals surface area contributed by atoms with E-state index in [1.807, 2.05) is 0 Å². The van der Waals surface area contributed by atoms with Gasteiger partial charge in [0.2, 0.25) is 5.95 Å². The van der Waals surface area contributed by atoms with Crippen molar-refractivity contribution in [2.75, 3.05) is 24.6 Å². The lowest BCUT2D eigenvalue weighted by Crippen LogP contribution is -2.34. The Labute approximate surface area is 177 Å². The van der Waals surface area contributed by atoms with Gasteiger partial charge in [-0.25, -0.2) is 4.79 Å². The van der Waals surface area contributed by atoms with E-state index < -0.39 is 17.4 Å². The summed E-state index contributed by atoms with van der Waals surface area (Å²) in [5.41, 5.74) is -0.494. The van der Waals surface area contributed by atoms with Gasteiger partial charge >= 0.3 is 5.69 Å². The molecule has 0 amide bonds. The number of nitrogens with one attached hydrogen (secondary N) is 1. The fourth-order valence-electron chi connectivity index (χ4n) is 3.74. The Kier molecular flexibility index (Phi) is 5.83. The Morgan fingerprint density at radius 3 is 2.70 bits per heavy atom. The maximum absolute atomic E-state index is 12.6. The number of imidazole rings is 1. The maximum Gasteiger partial charge on any atom is 0.329 e. The van der Waals surface area contributed by atoms with Crippen LogP contribution in [0.25, 0.3) is 11.2 Å². The van der Waals surface area contributed by atoms with E-state index in [1.165, 1.54) is 4.57 Å². The minimum Gasteiger partial charge on any atom is -0.489 e. The monoisotopic (exact) mass is 433 g/mol. The Morgan fingerprint density at radius 2 is 1.97 bits per heavy atom. The third-order valence-corrected chi connectivity index (χ3v) is 5.60. The molecular formula is C20H24ClN5O4. The fraction of sp³-hybridized carbons (Fsp3) is 0.450. The van der Waals surface area contributed by atoms with Crippen LogP contribution in [0.1, 0.15) is 19.3 Å². The van der Waals surface area contributed by atoms with E-state index in [2.05, 4.69) is 14.9 Å². The molecule has 1 aliphatic heterocycles. The zero-order chi connectivity index (χ0) is 21.3. The Bertz CT molecular complexity index is 1160. The number of fused-ring (bicyclic) bond motifs is 1. The van der Waals surface area contributed by atoms with Gasteiger partial charge < -0.3 is 19.3 Å². The van der Waals surface area contributed by atoms with Crippen LogP contribution in [0, 0.1) is 0 Å². The number of rotatable bonds is 6. The van der Waals surface area contributed by atoms with Crippen LogP contribution in [0.4, 0.5) is 5.95 Å². The number of para-hydroxylation sites is 1. The molecule has 10 heteroatoms. The molecule has 30 heavy (non-hydrogen) atoms. The highest BCUT2D eigenvalue weighted by atomic mass is 35.5. The highest BCUT2D eigenvalue weighted by molar-refractivity contribution is 6.32. The van der Waals surface area contributed by atoms with Gasteiger partial charge in [0, 0.05) is 20.1 Å². The van der Waals surface area contributed by atoms with Crippen molar-refractivity contribution < 1.29 is 9.84 Å². The summed E-state index contributed by atoms with van der Waals surface area (Å²) >= 11 is 6.10. The van der Waals surface area contributed by atoms with Crippen molar-refractivity contribution in [1.29, 1.82) is 0 Å². The van der Waals surface area contributed by atoms with Crippen LogP contribution in [0.5, 0.6) is 5.75 Å². The zero-order valence-electron chi connectivity index (χ0n) is 16.7. The van der Waals surface area contributed by atoms with Gasteiger partial charge in [0.1, 0.15) is 18.5 Å². The van der Waals surface area contributed by atoms with E-state index in [1.54, 1.807) is 35.9 Å². The molecule has 2 N–H and O–H groups in total. The zero-order valence-corrected chi connectivity index (χ0v) is 17.4. The summed E-state index contributed by atoms with van der Waals surface area (Å²) in [5.74, 6) is 1.05. The van der Waals surface area contributed by atoms with E-state index in [0.29, 0.717) is 22.4 Å². The van der Waals surface area contributed by atoms with Crippen LogP contribution in [0.3, 0.4) is 0 Å². The number of aliphatic hydroxyl groups excluding tert-OH is 1. The average Bonchev–Trinajstić information content (AvgIpc) is 3.12. The van der Waals surface area contributed by atoms with Crippen LogP contribution in [0.2, 0.25) is 5.02 Å². The van der Waals surface area contributed by atoms with Crippen molar-refractivity contribution >= 4 is 28.7 Å². The topological polar surface area (TPSA) is 105 Å². The van der Waals surface area contributed by atoms with Gasteiger partial charge in [-0.2, -0.15) is 4.98 Å². The summed E-state index contributed by atoms with van der Waals surface area (Å²) in [5, 5.41) is 11.1. The summed E-state index contributed by atoms with van der Waals surface area (Å²) in [4.78, 5) is 33.6. The minimum absolute atomic E-state index is 0.00743. The molecule has 0 bridgehead atoms. The highest BCUT2D eigenvalue weighted by Crippen LogP contribution is 2.25. The summed E-state index contributed by atoms with van der Waals surface area (Å²) < 4.78 is 8.64. The lowest BCUT2D eigenvalue weighted by Gasteiger charge is -2.28. The molecule has 1 fully saturated rings. The first-order valence-electron chi connectivity index (χ1n) is 9.95. The fourth-order valence-corrected chi connectivity index (χ4v) is 3.93. The average molecular weight is 434 g/mol. The number of benzene rings is 1. The second kappa shape index (κ2) is 8.53. The van der Waals surface area contributed by atoms with Gasteiger partial charge in [0.05, 0.1) is 11.6 Å². The molecule has 1 aromatic carbocycles. The van der Waals surface area contributed by atoms with Crippen LogP contribution in [-0.4, -0.2) is 50.0 Å². The molecule has 9 nitrogen and oxygen atoms in total. The van der Waals surface area contributed by atoms with Gasteiger partial charge in [-0.05, 0) is 31.4 Å². The number of ether oxygens (including phenoxy) is 1. The maximum atomic E-state index is 12.6. The Balaban J connectivity index is 1.67. The molecule has 0 saturated carbocycles. The second-order valence-electron chi connectivity index (χ2n) is 7.46. The number of piperidine rings is 1. The molecule has 1 saturated heterocycles. The standard InChI is InChI=1S/C20H24ClN5O4/c1-24-17-16(18(28)23-20(24)29)26(19(22-17)25-9-5-2-6-10-25)11-13(27)12-30-15-8-4-3-7-14(15)21/h3-4,7-8,13,27H,2,5-6,9-12H2,1H3,(H,23,28,29)/t13-/m0/s1. The SMILES string of the molecule is Cn1c(=O)[nH]c(=O)c2c1nc(N1CCCCC1)n2C[C@H](O)COc1ccccc1Cl. The molecule has 0 aliphatic carbocycles. The van der Waals surface area contributed by atoms with Crippen molar-refractivity contribution in [2.45, 2.75) is 31.9 Å². The van der Waals surface area contributed by atoms with E-state index in [0.717, 1.165) is 32.4 Å². The molecule has 0 unspecified atom stereocenters. The number of hydrogen-bond donors (Lipinski definition) is 2. The van der Waals surface area contributed by atoms with Gasteiger partial charge in [0.15, 0.2) is 11.2 Å². The van der Waals surface area contributed by atoms with Gasteiger partial charge in [0.25, 0.3) is 5.56 Å². The van der Waals surface area contributed by atoms with E-state index in [9.17, 15) is 14.7 Å². The first-order valence-corrected chi connectivity index (χ1v) is 10.3. The van der Waals surface area contributed by atoms with Crippen LogP contribution >= 0.6 is 11.6 Å². The molecular weight excluding hydrogens is 410 g/mol. The number of aryl methyl sites for hydroxylation is 1.